The molecule has 1 aliphatic rings. The van der Waals surface area contributed by atoms with Crippen molar-refractivity contribution < 1.29 is 0 Å². The van der Waals surface area contributed by atoms with Crippen molar-refractivity contribution in [1.82, 2.24) is 0 Å². The van der Waals surface area contributed by atoms with Gasteiger partial charge in [-0.05, 0) is 24.7 Å². The second-order valence-corrected chi connectivity index (χ2v) is 3.86. The largest absolute Gasteiger partial charge is 0.0679 e. The standard InChI is InChI=1S/C10H18/c1-7(2)9-5-6-10(9)8(3)4/h7-8H,5-6H2,1-4H3. The van der Waals surface area contributed by atoms with Gasteiger partial charge in [0.1, 0.15) is 0 Å². The van der Waals surface area contributed by atoms with Crippen LogP contribution in [0.5, 0.6) is 0 Å². The minimum atomic E-state index is 0.797. The summed E-state index contributed by atoms with van der Waals surface area (Å²) in [5.74, 6) is 1.59. The molecule has 0 nitrogen and oxygen atoms in total. The van der Waals surface area contributed by atoms with Crippen molar-refractivity contribution in [3.8, 4) is 0 Å². The molecular formula is C10H18. The monoisotopic (exact) mass is 138 g/mol. The van der Waals surface area contributed by atoms with Crippen LogP contribution < -0.4 is 0 Å². The minimum Gasteiger partial charge on any atom is -0.0679 e. The molecule has 0 unspecified atom stereocenters. The average molecular weight is 138 g/mol. The summed E-state index contributed by atoms with van der Waals surface area (Å²) >= 11 is 0. The zero-order valence-corrected chi connectivity index (χ0v) is 7.57. The summed E-state index contributed by atoms with van der Waals surface area (Å²) in [5.41, 5.74) is 3.46. The van der Waals surface area contributed by atoms with Crippen molar-refractivity contribution in [3.63, 3.8) is 0 Å². The normalized spacial score (nSPS) is 18.6. The molecule has 58 valence electrons. The molecule has 0 aromatic heterocycles. The number of hydrogen-bond acceptors (Lipinski definition) is 0. The number of rotatable bonds is 2. The lowest BCUT2D eigenvalue weighted by molar-refractivity contribution is 0.561. The maximum absolute atomic E-state index is 2.30. The second kappa shape index (κ2) is 2.77. The van der Waals surface area contributed by atoms with Crippen LogP contribution in [0.2, 0.25) is 0 Å². The molecule has 0 spiro atoms. The molecule has 1 rings (SSSR count). The molecule has 0 amide bonds. The Morgan fingerprint density at radius 3 is 1.20 bits per heavy atom. The van der Waals surface area contributed by atoms with E-state index in [0.717, 1.165) is 11.8 Å². The Balaban J connectivity index is 2.67. The molecule has 0 saturated heterocycles. The van der Waals surface area contributed by atoms with Gasteiger partial charge in [-0.2, -0.15) is 0 Å². The Bertz CT molecular complexity index is 131. The van der Waals surface area contributed by atoms with Gasteiger partial charge in [-0.3, -0.25) is 0 Å². The van der Waals surface area contributed by atoms with Crippen molar-refractivity contribution in [3.05, 3.63) is 11.1 Å². The topological polar surface area (TPSA) is 0 Å². The summed E-state index contributed by atoms with van der Waals surface area (Å²) in [6, 6.07) is 0. The number of allylic oxidation sites excluding steroid dienone is 2. The first-order valence-corrected chi connectivity index (χ1v) is 4.34. The number of hydrogen-bond donors (Lipinski definition) is 0. The first-order chi connectivity index (χ1) is 4.63. The van der Waals surface area contributed by atoms with Crippen LogP contribution in [0.3, 0.4) is 0 Å². The fourth-order valence-corrected chi connectivity index (χ4v) is 1.73. The smallest absolute Gasteiger partial charge is 0.0257 e. The Labute approximate surface area is 64.3 Å². The van der Waals surface area contributed by atoms with Crippen molar-refractivity contribution in [2.24, 2.45) is 11.8 Å². The van der Waals surface area contributed by atoms with E-state index in [2.05, 4.69) is 27.7 Å². The van der Waals surface area contributed by atoms with Crippen LogP contribution in [-0.2, 0) is 0 Å². The average Bonchev–Trinajstić information content (AvgIpc) is 1.56. The Kier molecular flexibility index (Phi) is 2.18. The molecule has 0 aromatic rings. The van der Waals surface area contributed by atoms with Gasteiger partial charge >= 0.3 is 0 Å². The Hall–Kier alpha value is -0.260. The van der Waals surface area contributed by atoms with E-state index >= 15 is 0 Å². The van der Waals surface area contributed by atoms with Crippen LogP contribution in [0.15, 0.2) is 11.1 Å². The third-order valence-corrected chi connectivity index (χ3v) is 2.47. The molecule has 10 heavy (non-hydrogen) atoms. The summed E-state index contributed by atoms with van der Waals surface area (Å²) in [6.45, 7) is 9.21. The molecule has 0 heterocycles. The lowest BCUT2D eigenvalue weighted by Gasteiger charge is -2.29. The molecule has 0 N–H and O–H groups in total. The molecular weight excluding hydrogens is 120 g/mol. The van der Waals surface area contributed by atoms with Crippen molar-refractivity contribution in [1.29, 1.82) is 0 Å². The molecule has 0 radical (unpaired) electrons. The van der Waals surface area contributed by atoms with E-state index in [4.69, 9.17) is 0 Å². The molecule has 0 atom stereocenters. The zero-order chi connectivity index (χ0) is 7.72. The van der Waals surface area contributed by atoms with Gasteiger partial charge in [0.2, 0.25) is 0 Å². The van der Waals surface area contributed by atoms with E-state index in [0.29, 0.717) is 0 Å². The summed E-state index contributed by atoms with van der Waals surface area (Å²) in [6.07, 6.45) is 2.73. The van der Waals surface area contributed by atoms with Crippen LogP contribution in [0.1, 0.15) is 40.5 Å². The lowest BCUT2D eigenvalue weighted by Crippen LogP contribution is -2.13. The Morgan fingerprint density at radius 2 is 1.10 bits per heavy atom. The summed E-state index contributed by atoms with van der Waals surface area (Å²) in [4.78, 5) is 0. The molecule has 1 aliphatic carbocycles. The zero-order valence-electron chi connectivity index (χ0n) is 7.57. The van der Waals surface area contributed by atoms with Gasteiger partial charge in [0.25, 0.3) is 0 Å². The molecule has 0 aromatic carbocycles. The van der Waals surface area contributed by atoms with E-state index in [-0.39, 0.29) is 0 Å². The highest BCUT2D eigenvalue weighted by molar-refractivity contribution is 5.27. The molecule has 0 fully saturated rings. The van der Waals surface area contributed by atoms with Gasteiger partial charge in [-0.15, -0.1) is 0 Å². The van der Waals surface area contributed by atoms with Crippen LogP contribution in [0.25, 0.3) is 0 Å². The highest BCUT2D eigenvalue weighted by Gasteiger charge is 2.21. The summed E-state index contributed by atoms with van der Waals surface area (Å²) < 4.78 is 0. The third kappa shape index (κ3) is 1.25. The first-order valence-electron chi connectivity index (χ1n) is 4.34. The van der Waals surface area contributed by atoms with Gasteiger partial charge in [0, 0.05) is 0 Å². The highest BCUT2D eigenvalue weighted by Crippen LogP contribution is 2.37. The maximum atomic E-state index is 2.30. The predicted octanol–water partition coefficient (Wildman–Crippen LogP) is 3.39. The minimum absolute atomic E-state index is 0.797. The van der Waals surface area contributed by atoms with E-state index in [9.17, 15) is 0 Å². The van der Waals surface area contributed by atoms with Crippen LogP contribution >= 0.6 is 0 Å². The van der Waals surface area contributed by atoms with Crippen LogP contribution in [0, 0.1) is 11.8 Å². The quantitative estimate of drug-likeness (QED) is 0.513. The van der Waals surface area contributed by atoms with E-state index in [1.807, 2.05) is 0 Å². The highest BCUT2D eigenvalue weighted by atomic mass is 14.3. The van der Waals surface area contributed by atoms with E-state index < -0.39 is 0 Å². The fourth-order valence-electron chi connectivity index (χ4n) is 1.73. The van der Waals surface area contributed by atoms with Crippen molar-refractivity contribution in [2.75, 3.05) is 0 Å². The van der Waals surface area contributed by atoms with Crippen LogP contribution in [-0.4, -0.2) is 0 Å². The van der Waals surface area contributed by atoms with Crippen molar-refractivity contribution in [2.45, 2.75) is 40.5 Å². The fraction of sp³-hybridized carbons (Fsp3) is 0.800. The van der Waals surface area contributed by atoms with Gasteiger partial charge < -0.3 is 0 Å². The molecule has 0 heteroatoms. The summed E-state index contributed by atoms with van der Waals surface area (Å²) in [5, 5.41) is 0. The second-order valence-electron chi connectivity index (χ2n) is 3.86. The summed E-state index contributed by atoms with van der Waals surface area (Å²) in [7, 11) is 0. The van der Waals surface area contributed by atoms with Crippen LogP contribution in [0.4, 0.5) is 0 Å². The van der Waals surface area contributed by atoms with E-state index in [1.165, 1.54) is 12.8 Å². The molecule has 0 aliphatic heterocycles. The van der Waals surface area contributed by atoms with Gasteiger partial charge in [0.05, 0.1) is 0 Å². The van der Waals surface area contributed by atoms with E-state index in [1.54, 1.807) is 11.1 Å². The lowest BCUT2D eigenvalue weighted by atomic mass is 9.77. The van der Waals surface area contributed by atoms with Gasteiger partial charge in [-0.25, -0.2) is 0 Å². The Morgan fingerprint density at radius 1 is 0.800 bits per heavy atom. The van der Waals surface area contributed by atoms with Gasteiger partial charge in [0.15, 0.2) is 0 Å². The van der Waals surface area contributed by atoms with Crippen molar-refractivity contribution >= 4 is 0 Å². The predicted molar refractivity (Wildman–Crippen MR) is 45.9 cm³/mol. The maximum Gasteiger partial charge on any atom is -0.0257 e. The molecule has 0 saturated carbocycles. The first kappa shape index (κ1) is 7.84. The SMILES string of the molecule is CC(C)C1=C(C(C)C)CC1. The van der Waals surface area contributed by atoms with Gasteiger partial charge in [-0.1, -0.05) is 38.8 Å². The third-order valence-electron chi connectivity index (χ3n) is 2.47. The molecule has 0 bridgehead atoms.